The highest BCUT2D eigenvalue weighted by atomic mass is 35.5. The SMILES string of the molecule is Cn1c(Sc2ccc3nnc(-c4ccccc4F)n3n2)nnc1-c1ccccc1Cl. The molecule has 0 unspecified atom stereocenters. The zero-order chi connectivity index (χ0) is 20.7. The van der Waals surface area contributed by atoms with E-state index < -0.39 is 0 Å². The molecule has 0 saturated heterocycles. The average molecular weight is 438 g/mol. The molecule has 0 bridgehead atoms. The average Bonchev–Trinajstić information content (AvgIpc) is 3.33. The van der Waals surface area contributed by atoms with Crippen molar-refractivity contribution < 1.29 is 4.39 Å². The molecule has 3 heterocycles. The van der Waals surface area contributed by atoms with Crippen LogP contribution in [0, 0.1) is 5.82 Å². The van der Waals surface area contributed by atoms with E-state index >= 15 is 0 Å². The van der Waals surface area contributed by atoms with Gasteiger partial charge >= 0.3 is 0 Å². The Balaban J connectivity index is 1.52. The molecule has 0 fully saturated rings. The van der Waals surface area contributed by atoms with Gasteiger partial charge < -0.3 is 4.57 Å². The van der Waals surface area contributed by atoms with E-state index in [-0.39, 0.29) is 5.82 Å². The van der Waals surface area contributed by atoms with Crippen molar-refractivity contribution in [2.75, 3.05) is 0 Å². The molecule has 2 aromatic carbocycles. The Bertz CT molecular complexity index is 1380. The van der Waals surface area contributed by atoms with Gasteiger partial charge in [-0.2, -0.15) is 9.61 Å². The van der Waals surface area contributed by atoms with Crippen LogP contribution in [-0.2, 0) is 7.05 Å². The molecule has 0 N–H and O–H groups in total. The second-order valence-corrected chi connectivity index (χ2v) is 7.79. The van der Waals surface area contributed by atoms with E-state index in [1.54, 1.807) is 24.3 Å². The molecule has 0 radical (unpaired) electrons. The number of hydrogen-bond acceptors (Lipinski definition) is 6. The molecule has 0 amide bonds. The fraction of sp³-hybridized carbons (Fsp3) is 0.0500. The third kappa shape index (κ3) is 3.21. The Hall–Kier alpha value is -3.30. The number of fused-ring (bicyclic) bond motifs is 1. The van der Waals surface area contributed by atoms with Crippen LogP contribution in [0.3, 0.4) is 0 Å². The maximum Gasteiger partial charge on any atom is 0.197 e. The first-order chi connectivity index (χ1) is 14.6. The van der Waals surface area contributed by atoms with Gasteiger partial charge in [0.25, 0.3) is 0 Å². The van der Waals surface area contributed by atoms with Gasteiger partial charge in [-0.25, -0.2) is 4.39 Å². The zero-order valence-electron chi connectivity index (χ0n) is 15.6. The summed E-state index contributed by atoms with van der Waals surface area (Å²) in [5.41, 5.74) is 1.65. The molecule has 0 aliphatic carbocycles. The summed E-state index contributed by atoms with van der Waals surface area (Å²) in [4.78, 5) is 0. The lowest BCUT2D eigenvalue weighted by Gasteiger charge is -2.06. The molecule has 10 heteroatoms. The Labute approximate surface area is 179 Å². The van der Waals surface area contributed by atoms with Crippen molar-refractivity contribution in [3.05, 3.63) is 71.5 Å². The first-order valence-electron chi connectivity index (χ1n) is 8.91. The minimum absolute atomic E-state index is 0.333. The monoisotopic (exact) mass is 437 g/mol. The lowest BCUT2D eigenvalue weighted by molar-refractivity contribution is 0.629. The zero-order valence-corrected chi connectivity index (χ0v) is 17.1. The van der Waals surface area contributed by atoms with Crippen molar-refractivity contribution in [1.82, 2.24) is 34.6 Å². The summed E-state index contributed by atoms with van der Waals surface area (Å²) in [5, 5.41) is 23.2. The molecule has 0 atom stereocenters. The van der Waals surface area contributed by atoms with Crippen LogP contribution in [0.2, 0.25) is 5.02 Å². The van der Waals surface area contributed by atoms with Crippen LogP contribution in [0.25, 0.3) is 28.4 Å². The fourth-order valence-electron chi connectivity index (χ4n) is 3.01. The Kier molecular flexibility index (Phi) is 4.68. The summed E-state index contributed by atoms with van der Waals surface area (Å²) in [6.07, 6.45) is 0. The summed E-state index contributed by atoms with van der Waals surface area (Å²) in [6.45, 7) is 0. The molecule has 0 aliphatic rings. The predicted molar refractivity (Wildman–Crippen MR) is 112 cm³/mol. The molecular weight excluding hydrogens is 425 g/mol. The van der Waals surface area contributed by atoms with Gasteiger partial charge in [0.2, 0.25) is 0 Å². The Morgan fingerprint density at radius 1 is 0.833 bits per heavy atom. The van der Waals surface area contributed by atoms with Gasteiger partial charge in [-0.3, -0.25) is 0 Å². The summed E-state index contributed by atoms with van der Waals surface area (Å²) in [6, 6.07) is 17.4. The van der Waals surface area contributed by atoms with Gasteiger partial charge in [0.1, 0.15) is 10.8 Å². The molecule has 5 rings (SSSR count). The third-order valence-electron chi connectivity index (χ3n) is 4.50. The number of nitrogens with zero attached hydrogens (tertiary/aromatic N) is 7. The number of hydrogen-bond donors (Lipinski definition) is 0. The van der Waals surface area contributed by atoms with Crippen molar-refractivity contribution in [1.29, 1.82) is 0 Å². The van der Waals surface area contributed by atoms with Crippen LogP contribution in [-0.4, -0.2) is 34.6 Å². The maximum absolute atomic E-state index is 14.2. The van der Waals surface area contributed by atoms with Crippen LogP contribution >= 0.6 is 23.4 Å². The van der Waals surface area contributed by atoms with E-state index in [0.29, 0.717) is 38.1 Å². The third-order valence-corrected chi connectivity index (χ3v) is 5.79. The summed E-state index contributed by atoms with van der Waals surface area (Å²) in [5.74, 6) is 0.602. The topological polar surface area (TPSA) is 73.8 Å². The van der Waals surface area contributed by atoms with E-state index in [9.17, 15) is 4.39 Å². The lowest BCUT2D eigenvalue weighted by atomic mass is 10.2. The molecule has 3 aromatic heterocycles. The van der Waals surface area contributed by atoms with Gasteiger partial charge in [-0.05, 0) is 48.2 Å². The van der Waals surface area contributed by atoms with Gasteiger partial charge in [-0.1, -0.05) is 35.9 Å². The van der Waals surface area contributed by atoms with Crippen molar-refractivity contribution >= 4 is 29.0 Å². The number of aromatic nitrogens is 7. The molecular formula is C20H13ClFN7S. The van der Waals surface area contributed by atoms with Gasteiger partial charge in [0.15, 0.2) is 22.5 Å². The van der Waals surface area contributed by atoms with Crippen LogP contribution in [0.1, 0.15) is 0 Å². The number of rotatable bonds is 4. The molecule has 30 heavy (non-hydrogen) atoms. The quantitative estimate of drug-likeness (QED) is 0.411. The highest BCUT2D eigenvalue weighted by molar-refractivity contribution is 7.99. The molecule has 7 nitrogen and oxygen atoms in total. The Morgan fingerprint density at radius 2 is 1.57 bits per heavy atom. The summed E-state index contributed by atoms with van der Waals surface area (Å²) in [7, 11) is 1.86. The van der Waals surface area contributed by atoms with Crippen molar-refractivity contribution in [3.8, 4) is 22.8 Å². The van der Waals surface area contributed by atoms with Crippen LogP contribution in [0.15, 0.2) is 70.8 Å². The second-order valence-electron chi connectivity index (χ2n) is 6.39. The van der Waals surface area contributed by atoms with Crippen LogP contribution < -0.4 is 0 Å². The standard InChI is InChI=1S/C20H13ClFN7S/c1-28-18(12-6-2-4-8-14(12)21)24-26-20(28)30-17-11-10-16-23-25-19(29(16)27-17)13-7-3-5-9-15(13)22/h2-11H,1H3. The van der Waals surface area contributed by atoms with E-state index in [1.165, 1.54) is 22.3 Å². The van der Waals surface area contributed by atoms with Gasteiger partial charge in [0.05, 0.1) is 10.6 Å². The minimum Gasteiger partial charge on any atom is -0.305 e. The summed E-state index contributed by atoms with van der Waals surface area (Å²) < 4.78 is 17.6. The molecule has 0 saturated carbocycles. The van der Waals surface area contributed by atoms with Gasteiger partial charge in [-0.15, -0.1) is 20.4 Å². The van der Waals surface area contributed by atoms with Crippen molar-refractivity contribution in [2.24, 2.45) is 7.05 Å². The predicted octanol–water partition coefficient (Wildman–Crippen LogP) is 4.53. The smallest absolute Gasteiger partial charge is 0.197 e. The lowest BCUT2D eigenvalue weighted by Crippen LogP contribution is -1.99. The first kappa shape index (κ1) is 18.7. The van der Waals surface area contributed by atoms with Crippen LogP contribution in [0.4, 0.5) is 4.39 Å². The van der Waals surface area contributed by atoms with E-state index in [2.05, 4.69) is 25.5 Å². The fourth-order valence-corrected chi connectivity index (χ4v) is 3.98. The van der Waals surface area contributed by atoms with Crippen LogP contribution in [0.5, 0.6) is 0 Å². The molecule has 0 aliphatic heterocycles. The highest BCUT2D eigenvalue weighted by Crippen LogP contribution is 2.31. The number of halogens is 2. The second kappa shape index (κ2) is 7.51. The van der Waals surface area contributed by atoms with E-state index in [1.807, 2.05) is 41.9 Å². The summed E-state index contributed by atoms with van der Waals surface area (Å²) >= 11 is 7.62. The minimum atomic E-state index is -0.385. The maximum atomic E-state index is 14.2. The van der Waals surface area contributed by atoms with Gasteiger partial charge in [0, 0.05) is 12.6 Å². The molecule has 148 valence electrons. The molecule has 0 spiro atoms. The molecule has 5 aromatic rings. The van der Waals surface area contributed by atoms with E-state index in [4.69, 9.17) is 11.6 Å². The number of benzene rings is 2. The van der Waals surface area contributed by atoms with Crippen molar-refractivity contribution in [3.63, 3.8) is 0 Å². The Morgan fingerprint density at radius 3 is 2.37 bits per heavy atom. The first-order valence-corrected chi connectivity index (χ1v) is 10.1. The largest absolute Gasteiger partial charge is 0.305 e. The van der Waals surface area contributed by atoms with E-state index in [0.717, 1.165) is 5.56 Å². The normalized spacial score (nSPS) is 11.3. The van der Waals surface area contributed by atoms with Crippen molar-refractivity contribution in [2.45, 2.75) is 10.2 Å². The highest BCUT2D eigenvalue weighted by Gasteiger charge is 2.17.